The third-order valence-corrected chi connectivity index (χ3v) is 6.85. The molecule has 0 saturated heterocycles. The maximum atomic E-state index is 13.3. The van der Waals surface area contributed by atoms with Crippen LogP contribution >= 0.6 is 11.3 Å². The molecule has 1 aliphatic carbocycles. The van der Waals surface area contributed by atoms with E-state index in [0.29, 0.717) is 16.6 Å². The first kappa shape index (κ1) is 19.9. The zero-order valence-electron chi connectivity index (χ0n) is 18.4. The Hall–Kier alpha value is -3.00. The Morgan fingerprint density at radius 2 is 2.00 bits per heavy atom. The molecule has 1 aliphatic rings. The van der Waals surface area contributed by atoms with Crippen molar-refractivity contribution in [3.8, 4) is 11.3 Å². The SMILES string of the molecule is Cc1cc(-c2csc(NC(=O)c3cc(C4CC4)nc4c3cnn4C(C)C)n2)c(C)n1C. The zero-order chi connectivity index (χ0) is 21.9. The number of aromatic nitrogens is 5. The minimum Gasteiger partial charge on any atom is -0.351 e. The Morgan fingerprint density at radius 1 is 1.23 bits per heavy atom. The zero-order valence-corrected chi connectivity index (χ0v) is 19.2. The first-order valence-electron chi connectivity index (χ1n) is 10.6. The number of rotatable bonds is 5. The number of carbonyl (C=O) groups is 1. The number of amides is 1. The lowest BCUT2D eigenvalue weighted by Crippen LogP contribution is -2.13. The smallest absolute Gasteiger partial charge is 0.258 e. The van der Waals surface area contributed by atoms with Gasteiger partial charge in [-0.05, 0) is 52.7 Å². The van der Waals surface area contributed by atoms with Crippen molar-refractivity contribution in [2.45, 2.75) is 52.5 Å². The van der Waals surface area contributed by atoms with Crippen LogP contribution in [0.1, 0.15) is 66.1 Å². The van der Waals surface area contributed by atoms with Gasteiger partial charge in [-0.2, -0.15) is 5.10 Å². The van der Waals surface area contributed by atoms with Crippen LogP contribution in [0, 0.1) is 13.8 Å². The van der Waals surface area contributed by atoms with Gasteiger partial charge in [0.2, 0.25) is 0 Å². The normalized spacial score (nSPS) is 14.0. The molecule has 1 amide bonds. The molecule has 160 valence electrons. The summed E-state index contributed by atoms with van der Waals surface area (Å²) in [5.74, 6) is 0.279. The van der Waals surface area contributed by atoms with E-state index in [2.05, 4.69) is 53.7 Å². The fourth-order valence-corrected chi connectivity index (χ4v) is 4.63. The molecule has 4 heterocycles. The number of carbonyl (C=O) groups excluding carboxylic acids is 1. The van der Waals surface area contributed by atoms with Gasteiger partial charge in [-0.1, -0.05) is 0 Å². The number of aryl methyl sites for hydroxylation is 1. The largest absolute Gasteiger partial charge is 0.351 e. The number of nitrogens with one attached hydrogen (secondary N) is 1. The molecular formula is C23H26N6OS. The lowest BCUT2D eigenvalue weighted by molar-refractivity contribution is 0.102. The first-order chi connectivity index (χ1) is 14.8. The van der Waals surface area contributed by atoms with Crippen molar-refractivity contribution < 1.29 is 4.79 Å². The molecule has 4 aromatic rings. The van der Waals surface area contributed by atoms with Crippen molar-refractivity contribution in [2.24, 2.45) is 7.05 Å². The van der Waals surface area contributed by atoms with E-state index >= 15 is 0 Å². The van der Waals surface area contributed by atoms with E-state index in [-0.39, 0.29) is 11.9 Å². The van der Waals surface area contributed by atoms with Crippen molar-refractivity contribution in [3.05, 3.63) is 46.4 Å². The molecule has 0 bridgehead atoms. The third kappa shape index (κ3) is 3.44. The van der Waals surface area contributed by atoms with Gasteiger partial charge < -0.3 is 4.57 Å². The van der Waals surface area contributed by atoms with Crippen LogP contribution in [0.2, 0.25) is 0 Å². The Kier molecular flexibility index (Phi) is 4.69. The summed E-state index contributed by atoms with van der Waals surface area (Å²) in [5, 5.41) is 10.9. The number of nitrogens with zero attached hydrogens (tertiary/aromatic N) is 5. The van der Waals surface area contributed by atoms with Crippen molar-refractivity contribution >= 4 is 33.4 Å². The van der Waals surface area contributed by atoms with Gasteiger partial charge in [-0.25, -0.2) is 14.6 Å². The molecule has 4 aromatic heterocycles. The Balaban J connectivity index is 1.48. The first-order valence-corrected chi connectivity index (χ1v) is 11.5. The number of thiazole rings is 1. The summed E-state index contributed by atoms with van der Waals surface area (Å²) in [4.78, 5) is 22.8. The van der Waals surface area contributed by atoms with Crippen molar-refractivity contribution in [3.63, 3.8) is 0 Å². The Morgan fingerprint density at radius 3 is 2.65 bits per heavy atom. The van der Waals surface area contributed by atoms with Crippen LogP contribution < -0.4 is 5.32 Å². The predicted octanol–water partition coefficient (Wildman–Crippen LogP) is 5.22. The molecule has 31 heavy (non-hydrogen) atoms. The van der Waals surface area contributed by atoms with E-state index in [1.165, 1.54) is 17.0 Å². The third-order valence-electron chi connectivity index (χ3n) is 6.09. The highest BCUT2D eigenvalue weighted by Crippen LogP contribution is 2.40. The molecule has 0 aromatic carbocycles. The Bertz CT molecular complexity index is 1310. The van der Waals surface area contributed by atoms with Crippen LogP contribution in [-0.2, 0) is 7.05 Å². The van der Waals surface area contributed by atoms with Crippen LogP contribution in [0.5, 0.6) is 0 Å². The molecule has 1 fully saturated rings. The summed E-state index contributed by atoms with van der Waals surface area (Å²) in [6, 6.07) is 4.24. The van der Waals surface area contributed by atoms with E-state index in [1.807, 2.05) is 23.2 Å². The molecule has 7 nitrogen and oxygen atoms in total. The fourth-order valence-electron chi connectivity index (χ4n) is 3.93. The van der Waals surface area contributed by atoms with Gasteiger partial charge in [0.1, 0.15) is 0 Å². The average Bonchev–Trinajstić information content (AvgIpc) is 3.25. The standard InChI is InChI=1S/C23H26N6OS/c1-12(2)29-21-18(10-24-29)17(9-19(25-21)15-6-7-15)22(30)27-23-26-20(11-31-23)16-8-13(3)28(5)14(16)4/h8-12,15H,6-7H2,1-5H3,(H,26,27,30). The number of hydrogen-bond donors (Lipinski definition) is 1. The van der Waals surface area contributed by atoms with E-state index < -0.39 is 0 Å². The second-order valence-electron chi connectivity index (χ2n) is 8.62. The molecule has 1 N–H and O–H groups in total. The quantitative estimate of drug-likeness (QED) is 0.467. The number of pyridine rings is 1. The van der Waals surface area contributed by atoms with E-state index in [4.69, 9.17) is 4.98 Å². The summed E-state index contributed by atoms with van der Waals surface area (Å²) in [5.41, 5.74) is 6.69. The van der Waals surface area contributed by atoms with Crippen LogP contribution in [-0.4, -0.2) is 30.2 Å². The lowest BCUT2D eigenvalue weighted by Gasteiger charge is -2.10. The molecule has 0 aliphatic heterocycles. The summed E-state index contributed by atoms with van der Waals surface area (Å²) in [6.07, 6.45) is 4.00. The highest BCUT2D eigenvalue weighted by molar-refractivity contribution is 7.14. The molecule has 8 heteroatoms. The molecule has 0 unspecified atom stereocenters. The van der Waals surface area contributed by atoms with Gasteiger partial charge in [-0.3, -0.25) is 10.1 Å². The van der Waals surface area contributed by atoms with Gasteiger partial charge in [0.25, 0.3) is 5.91 Å². The molecule has 0 radical (unpaired) electrons. The van der Waals surface area contributed by atoms with Crippen LogP contribution in [0.4, 0.5) is 5.13 Å². The molecule has 0 spiro atoms. The number of anilines is 1. The molecular weight excluding hydrogens is 408 g/mol. The van der Waals surface area contributed by atoms with Crippen molar-refractivity contribution in [1.82, 2.24) is 24.3 Å². The number of fused-ring (bicyclic) bond motifs is 1. The van der Waals surface area contributed by atoms with Gasteiger partial charge in [0, 0.05) is 47.0 Å². The average molecular weight is 435 g/mol. The maximum absolute atomic E-state index is 13.3. The van der Waals surface area contributed by atoms with Gasteiger partial charge in [-0.15, -0.1) is 11.3 Å². The van der Waals surface area contributed by atoms with Crippen LogP contribution in [0.25, 0.3) is 22.3 Å². The monoisotopic (exact) mass is 434 g/mol. The minimum absolute atomic E-state index is 0.167. The van der Waals surface area contributed by atoms with Crippen molar-refractivity contribution in [2.75, 3.05) is 5.32 Å². The van der Waals surface area contributed by atoms with E-state index in [9.17, 15) is 4.79 Å². The lowest BCUT2D eigenvalue weighted by atomic mass is 10.1. The van der Waals surface area contributed by atoms with Crippen LogP contribution in [0.15, 0.2) is 23.7 Å². The van der Waals surface area contributed by atoms with Crippen LogP contribution in [0.3, 0.4) is 0 Å². The number of hydrogen-bond acceptors (Lipinski definition) is 5. The predicted molar refractivity (Wildman–Crippen MR) is 124 cm³/mol. The molecule has 1 saturated carbocycles. The summed E-state index contributed by atoms with van der Waals surface area (Å²) in [7, 11) is 2.05. The second-order valence-corrected chi connectivity index (χ2v) is 9.48. The van der Waals surface area contributed by atoms with E-state index in [0.717, 1.165) is 46.5 Å². The fraction of sp³-hybridized carbons (Fsp3) is 0.391. The van der Waals surface area contributed by atoms with Crippen molar-refractivity contribution in [1.29, 1.82) is 0 Å². The van der Waals surface area contributed by atoms with Gasteiger partial charge >= 0.3 is 0 Å². The highest BCUT2D eigenvalue weighted by Gasteiger charge is 2.28. The highest BCUT2D eigenvalue weighted by atomic mass is 32.1. The summed E-state index contributed by atoms with van der Waals surface area (Å²) < 4.78 is 4.03. The molecule has 0 atom stereocenters. The van der Waals surface area contributed by atoms with E-state index in [1.54, 1.807) is 6.20 Å². The summed E-state index contributed by atoms with van der Waals surface area (Å²) >= 11 is 1.44. The van der Waals surface area contributed by atoms with Gasteiger partial charge in [0.05, 0.1) is 22.8 Å². The minimum atomic E-state index is -0.167. The Labute approximate surface area is 185 Å². The topological polar surface area (TPSA) is 77.6 Å². The summed E-state index contributed by atoms with van der Waals surface area (Å²) in [6.45, 7) is 8.30. The second kappa shape index (κ2) is 7.30. The maximum Gasteiger partial charge on any atom is 0.258 e. The van der Waals surface area contributed by atoms with Gasteiger partial charge in [0.15, 0.2) is 10.8 Å². The molecule has 5 rings (SSSR count).